The first kappa shape index (κ1) is 15.9. The molecule has 5 nitrogen and oxygen atoms in total. The quantitative estimate of drug-likeness (QED) is 0.806. The minimum atomic E-state index is -0.374. The second-order valence-electron chi connectivity index (χ2n) is 4.37. The van der Waals surface area contributed by atoms with Crippen LogP contribution in [0.5, 0.6) is 0 Å². The molecule has 22 heavy (non-hydrogen) atoms. The van der Waals surface area contributed by atoms with Crippen molar-refractivity contribution >= 4 is 33.4 Å². The molecule has 2 rings (SSSR count). The molecule has 0 radical (unpaired) electrons. The fourth-order valence-electron chi connectivity index (χ4n) is 1.67. The van der Waals surface area contributed by atoms with E-state index in [4.69, 9.17) is 0 Å². The van der Waals surface area contributed by atoms with Crippen molar-refractivity contribution in [3.8, 4) is 0 Å². The van der Waals surface area contributed by atoms with E-state index >= 15 is 0 Å². The predicted octanol–water partition coefficient (Wildman–Crippen LogP) is 3.01. The third-order valence-electron chi connectivity index (χ3n) is 2.72. The summed E-state index contributed by atoms with van der Waals surface area (Å²) in [6, 6.07) is 11.9. The Morgan fingerprint density at radius 1 is 1.09 bits per heavy atom. The number of amides is 2. The first-order valence-corrected chi connectivity index (χ1v) is 7.32. The van der Waals surface area contributed by atoms with Crippen LogP contribution in [0.3, 0.4) is 0 Å². The molecule has 1 aromatic heterocycles. The molecule has 1 aromatic carbocycles. The lowest BCUT2D eigenvalue weighted by Crippen LogP contribution is -2.25. The zero-order chi connectivity index (χ0) is 15.9. The van der Waals surface area contributed by atoms with Crippen LogP contribution in [-0.2, 0) is 0 Å². The van der Waals surface area contributed by atoms with E-state index in [2.05, 4.69) is 38.1 Å². The van der Waals surface area contributed by atoms with Crippen LogP contribution in [0, 0.1) is 0 Å². The van der Waals surface area contributed by atoms with Gasteiger partial charge in [-0.05, 0) is 36.4 Å². The van der Waals surface area contributed by atoms with E-state index in [1.54, 1.807) is 36.4 Å². The van der Waals surface area contributed by atoms with Crippen LogP contribution in [-0.4, -0.2) is 23.3 Å². The van der Waals surface area contributed by atoms with E-state index in [-0.39, 0.29) is 23.2 Å². The van der Waals surface area contributed by atoms with Crippen molar-refractivity contribution < 1.29 is 9.59 Å². The average Bonchev–Trinajstić information content (AvgIpc) is 2.54. The summed E-state index contributed by atoms with van der Waals surface area (Å²) in [6.45, 7) is 3.87. The number of anilines is 1. The number of nitrogens with zero attached hydrogens (tertiary/aromatic N) is 1. The molecule has 6 heteroatoms. The third-order valence-corrected chi connectivity index (χ3v) is 3.25. The number of pyridine rings is 1. The van der Waals surface area contributed by atoms with Crippen LogP contribution in [0.2, 0.25) is 0 Å². The Morgan fingerprint density at radius 2 is 1.73 bits per heavy atom. The molecule has 0 fully saturated rings. The van der Waals surface area contributed by atoms with Gasteiger partial charge in [0.1, 0.15) is 11.4 Å². The van der Waals surface area contributed by atoms with Crippen LogP contribution in [0.25, 0.3) is 0 Å². The van der Waals surface area contributed by atoms with Crippen molar-refractivity contribution in [1.82, 2.24) is 10.3 Å². The number of nitrogens with one attached hydrogen (secondary N) is 2. The number of rotatable bonds is 5. The predicted molar refractivity (Wildman–Crippen MR) is 88.9 cm³/mol. The largest absolute Gasteiger partial charge is 0.347 e. The minimum absolute atomic E-state index is 0.175. The highest BCUT2D eigenvalue weighted by atomic mass is 79.9. The van der Waals surface area contributed by atoms with Gasteiger partial charge in [0.25, 0.3) is 11.8 Å². The molecule has 0 bridgehead atoms. The molecular weight excluding hydrogens is 346 g/mol. The van der Waals surface area contributed by atoms with Crippen molar-refractivity contribution in [1.29, 1.82) is 0 Å². The SMILES string of the molecule is C=CCNC(=O)c1cccc(C(=O)Nc2ccc(Br)cc2)n1. The van der Waals surface area contributed by atoms with Crippen molar-refractivity contribution in [2.45, 2.75) is 0 Å². The molecule has 0 saturated heterocycles. The lowest BCUT2D eigenvalue weighted by atomic mass is 10.2. The molecule has 2 N–H and O–H groups in total. The lowest BCUT2D eigenvalue weighted by molar-refractivity contribution is 0.0953. The van der Waals surface area contributed by atoms with Gasteiger partial charge in [-0.2, -0.15) is 0 Å². The number of hydrogen-bond donors (Lipinski definition) is 2. The summed E-state index contributed by atoms with van der Waals surface area (Å²) in [5, 5.41) is 5.34. The molecule has 0 aliphatic heterocycles. The molecule has 0 spiro atoms. The van der Waals surface area contributed by atoms with Gasteiger partial charge in [-0.15, -0.1) is 6.58 Å². The Balaban J connectivity index is 2.11. The molecule has 0 aliphatic carbocycles. The fourth-order valence-corrected chi connectivity index (χ4v) is 1.94. The Kier molecular flexibility index (Phi) is 5.43. The molecule has 0 unspecified atom stereocenters. The molecule has 112 valence electrons. The van der Waals surface area contributed by atoms with Crippen LogP contribution >= 0.6 is 15.9 Å². The zero-order valence-electron chi connectivity index (χ0n) is 11.7. The fraction of sp³-hybridized carbons (Fsp3) is 0.0625. The van der Waals surface area contributed by atoms with Crippen LogP contribution in [0.4, 0.5) is 5.69 Å². The number of aromatic nitrogens is 1. The molecule has 1 heterocycles. The molecular formula is C16H14BrN3O2. The Morgan fingerprint density at radius 3 is 2.36 bits per heavy atom. The molecule has 0 atom stereocenters. The summed E-state index contributed by atoms with van der Waals surface area (Å²) in [4.78, 5) is 28.0. The standard InChI is InChI=1S/C16H14BrN3O2/c1-2-10-18-15(21)13-4-3-5-14(20-13)16(22)19-12-8-6-11(17)7-9-12/h2-9H,1,10H2,(H,18,21)(H,19,22). The maximum atomic E-state index is 12.2. The third kappa shape index (κ3) is 4.26. The van der Waals surface area contributed by atoms with Crippen molar-refractivity contribution in [2.75, 3.05) is 11.9 Å². The van der Waals surface area contributed by atoms with Gasteiger partial charge in [0.15, 0.2) is 0 Å². The minimum Gasteiger partial charge on any atom is -0.347 e. The average molecular weight is 360 g/mol. The van der Waals surface area contributed by atoms with Gasteiger partial charge >= 0.3 is 0 Å². The van der Waals surface area contributed by atoms with E-state index in [0.717, 1.165) is 4.47 Å². The number of carbonyl (C=O) groups is 2. The molecule has 2 aromatic rings. The number of carbonyl (C=O) groups excluding carboxylic acids is 2. The van der Waals surface area contributed by atoms with Crippen molar-refractivity contribution in [2.24, 2.45) is 0 Å². The monoisotopic (exact) mass is 359 g/mol. The Labute approximate surface area is 136 Å². The first-order valence-electron chi connectivity index (χ1n) is 6.53. The summed E-state index contributed by atoms with van der Waals surface area (Å²) in [7, 11) is 0. The highest BCUT2D eigenvalue weighted by Gasteiger charge is 2.12. The van der Waals surface area contributed by atoms with Crippen molar-refractivity contribution in [3.05, 3.63) is 71.0 Å². The summed E-state index contributed by atoms with van der Waals surface area (Å²) in [6.07, 6.45) is 1.57. The number of benzene rings is 1. The Bertz CT molecular complexity index is 699. The smallest absolute Gasteiger partial charge is 0.274 e. The summed E-state index contributed by atoms with van der Waals surface area (Å²) in [5.74, 6) is -0.723. The van der Waals surface area contributed by atoms with Crippen LogP contribution in [0.15, 0.2) is 59.6 Å². The highest BCUT2D eigenvalue weighted by molar-refractivity contribution is 9.10. The first-order chi connectivity index (χ1) is 10.6. The van der Waals surface area contributed by atoms with E-state index in [9.17, 15) is 9.59 Å². The van der Waals surface area contributed by atoms with Crippen LogP contribution in [0.1, 0.15) is 21.0 Å². The van der Waals surface area contributed by atoms with Gasteiger partial charge in [-0.3, -0.25) is 9.59 Å². The van der Waals surface area contributed by atoms with E-state index < -0.39 is 0 Å². The summed E-state index contributed by atoms with van der Waals surface area (Å²) >= 11 is 3.33. The highest BCUT2D eigenvalue weighted by Crippen LogP contribution is 2.14. The number of hydrogen-bond acceptors (Lipinski definition) is 3. The maximum Gasteiger partial charge on any atom is 0.274 e. The van der Waals surface area contributed by atoms with E-state index in [1.807, 2.05) is 12.1 Å². The van der Waals surface area contributed by atoms with Gasteiger partial charge in [-0.1, -0.05) is 28.1 Å². The van der Waals surface area contributed by atoms with Gasteiger partial charge in [0, 0.05) is 16.7 Å². The molecule has 0 saturated carbocycles. The maximum absolute atomic E-state index is 12.2. The van der Waals surface area contributed by atoms with Gasteiger partial charge in [0.2, 0.25) is 0 Å². The second kappa shape index (κ2) is 7.51. The van der Waals surface area contributed by atoms with Gasteiger partial charge in [0.05, 0.1) is 0 Å². The molecule has 0 aliphatic rings. The van der Waals surface area contributed by atoms with E-state index in [1.165, 1.54) is 0 Å². The number of halogens is 1. The van der Waals surface area contributed by atoms with Crippen molar-refractivity contribution in [3.63, 3.8) is 0 Å². The topological polar surface area (TPSA) is 71.1 Å². The van der Waals surface area contributed by atoms with E-state index in [0.29, 0.717) is 12.2 Å². The summed E-state index contributed by atoms with van der Waals surface area (Å²) < 4.78 is 0.921. The zero-order valence-corrected chi connectivity index (χ0v) is 13.3. The molecule has 2 amide bonds. The van der Waals surface area contributed by atoms with Gasteiger partial charge in [-0.25, -0.2) is 4.98 Å². The second-order valence-corrected chi connectivity index (χ2v) is 5.28. The summed E-state index contributed by atoms with van der Waals surface area (Å²) in [5.41, 5.74) is 1.01. The van der Waals surface area contributed by atoms with Crippen LogP contribution < -0.4 is 10.6 Å². The lowest BCUT2D eigenvalue weighted by Gasteiger charge is -2.06. The Hall–Kier alpha value is -2.47. The normalized spacial score (nSPS) is 9.86. The van der Waals surface area contributed by atoms with Gasteiger partial charge < -0.3 is 10.6 Å².